The van der Waals surface area contributed by atoms with E-state index >= 15 is 0 Å². The maximum atomic E-state index is 13.1. The Kier molecular flexibility index (Phi) is 7.73. The Hall–Kier alpha value is -2.65. The lowest BCUT2D eigenvalue weighted by Gasteiger charge is -2.14. The average Bonchev–Trinajstić information content (AvgIpc) is 3.08. The Labute approximate surface area is 220 Å². The van der Waals surface area contributed by atoms with Crippen LogP contribution in [0.5, 0.6) is 5.75 Å². The van der Waals surface area contributed by atoms with Gasteiger partial charge in [-0.25, -0.2) is 0 Å². The Bertz CT molecular complexity index is 1310. The highest BCUT2D eigenvalue weighted by atomic mass is 79.9. The first-order chi connectivity index (χ1) is 16.3. The lowest BCUT2D eigenvalue weighted by molar-refractivity contribution is -0.118. The predicted molar refractivity (Wildman–Crippen MR) is 147 cm³/mol. The Balaban J connectivity index is 1.48. The molecule has 3 aromatic carbocycles. The van der Waals surface area contributed by atoms with Gasteiger partial charge in [-0.1, -0.05) is 69.7 Å². The summed E-state index contributed by atoms with van der Waals surface area (Å²) in [6.07, 6.45) is 1.72. The van der Waals surface area contributed by atoms with Crippen LogP contribution < -0.4 is 15.0 Å². The Morgan fingerprint density at radius 1 is 1.18 bits per heavy atom. The lowest BCUT2D eigenvalue weighted by atomic mass is 10.2. The maximum Gasteiger partial charge on any atom is 0.270 e. The molecular formula is C25H18BrClN2O3S2. The van der Waals surface area contributed by atoms with Crippen LogP contribution in [0.4, 0.5) is 11.4 Å². The zero-order valence-electron chi connectivity index (χ0n) is 17.9. The van der Waals surface area contributed by atoms with Gasteiger partial charge < -0.3 is 10.1 Å². The van der Waals surface area contributed by atoms with Crippen LogP contribution in [0, 0.1) is 6.92 Å². The molecule has 0 unspecified atom stereocenters. The van der Waals surface area contributed by atoms with E-state index in [1.54, 1.807) is 36.4 Å². The Morgan fingerprint density at radius 2 is 1.91 bits per heavy atom. The summed E-state index contributed by atoms with van der Waals surface area (Å²) in [6.45, 7) is 1.74. The number of carbonyl (C=O) groups is 2. The van der Waals surface area contributed by atoms with Crippen molar-refractivity contribution in [1.29, 1.82) is 0 Å². The number of para-hydroxylation sites is 1. The molecule has 5 nitrogen and oxygen atoms in total. The first-order valence-electron chi connectivity index (χ1n) is 10.1. The highest BCUT2D eigenvalue weighted by Crippen LogP contribution is 2.37. The molecule has 9 heteroatoms. The monoisotopic (exact) mass is 572 g/mol. The van der Waals surface area contributed by atoms with E-state index in [4.69, 9.17) is 28.6 Å². The molecule has 1 aliphatic rings. The topological polar surface area (TPSA) is 58.6 Å². The predicted octanol–water partition coefficient (Wildman–Crippen LogP) is 6.83. The number of thioether (sulfide) groups is 1. The van der Waals surface area contributed by atoms with E-state index in [-0.39, 0.29) is 18.4 Å². The first-order valence-corrected chi connectivity index (χ1v) is 12.5. The third kappa shape index (κ3) is 5.70. The highest BCUT2D eigenvalue weighted by Gasteiger charge is 2.33. The largest absolute Gasteiger partial charge is 0.483 e. The molecule has 0 atom stereocenters. The number of carbonyl (C=O) groups excluding carboxylic acids is 2. The summed E-state index contributed by atoms with van der Waals surface area (Å²) in [7, 11) is 0. The minimum atomic E-state index is -0.283. The zero-order valence-corrected chi connectivity index (χ0v) is 21.9. The van der Waals surface area contributed by atoms with Crippen LogP contribution in [0.2, 0.25) is 5.02 Å². The minimum absolute atomic E-state index is 0.175. The summed E-state index contributed by atoms with van der Waals surface area (Å²) >= 11 is 16.0. The maximum absolute atomic E-state index is 13.1. The van der Waals surface area contributed by atoms with E-state index in [1.165, 1.54) is 16.7 Å². The van der Waals surface area contributed by atoms with Crippen molar-refractivity contribution in [1.82, 2.24) is 0 Å². The van der Waals surface area contributed by atoms with Crippen LogP contribution in [-0.4, -0.2) is 22.7 Å². The van der Waals surface area contributed by atoms with Crippen molar-refractivity contribution >= 4 is 85.1 Å². The Morgan fingerprint density at radius 3 is 2.65 bits per heavy atom. The normalized spacial score (nSPS) is 14.6. The number of nitrogens with one attached hydrogen (secondary N) is 1. The van der Waals surface area contributed by atoms with Crippen LogP contribution >= 0.6 is 51.5 Å². The van der Waals surface area contributed by atoms with Gasteiger partial charge in [0.05, 0.1) is 10.6 Å². The van der Waals surface area contributed by atoms with Gasteiger partial charge in [0.1, 0.15) is 5.75 Å². The van der Waals surface area contributed by atoms with Crippen molar-refractivity contribution in [3.63, 3.8) is 0 Å². The summed E-state index contributed by atoms with van der Waals surface area (Å²) in [6, 6.07) is 19.7. The fourth-order valence-electron chi connectivity index (χ4n) is 3.25. The number of benzene rings is 3. The molecule has 4 rings (SSSR count). The van der Waals surface area contributed by atoms with Crippen molar-refractivity contribution in [2.45, 2.75) is 6.92 Å². The molecule has 2 amide bonds. The van der Waals surface area contributed by atoms with Crippen LogP contribution in [0.1, 0.15) is 11.1 Å². The molecule has 0 radical (unpaired) electrons. The highest BCUT2D eigenvalue weighted by molar-refractivity contribution is 9.10. The molecule has 0 spiro atoms. The number of hydrogen-bond donors (Lipinski definition) is 1. The first kappa shape index (κ1) is 24.5. The van der Waals surface area contributed by atoms with Gasteiger partial charge in [0.2, 0.25) is 0 Å². The second-order valence-electron chi connectivity index (χ2n) is 7.33. The van der Waals surface area contributed by atoms with Crippen LogP contribution in [0.3, 0.4) is 0 Å². The second-order valence-corrected chi connectivity index (χ2v) is 10.4. The third-order valence-electron chi connectivity index (χ3n) is 4.91. The molecular weight excluding hydrogens is 556 g/mol. The van der Waals surface area contributed by atoms with E-state index < -0.39 is 0 Å². The number of aryl methyl sites for hydroxylation is 1. The van der Waals surface area contributed by atoms with E-state index in [9.17, 15) is 9.59 Å². The van der Waals surface area contributed by atoms with E-state index in [2.05, 4.69) is 21.2 Å². The van der Waals surface area contributed by atoms with Gasteiger partial charge >= 0.3 is 0 Å². The van der Waals surface area contributed by atoms with E-state index in [1.807, 2.05) is 43.3 Å². The van der Waals surface area contributed by atoms with Gasteiger partial charge in [-0.15, -0.1) is 0 Å². The summed E-state index contributed by atoms with van der Waals surface area (Å²) in [5, 5.41) is 3.43. The van der Waals surface area contributed by atoms with Crippen molar-refractivity contribution in [3.05, 3.63) is 92.3 Å². The fourth-order valence-corrected chi connectivity index (χ4v) is 5.14. The number of amides is 2. The van der Waals surface area contributed by atoms with Crippen LogP contribution in [-0.2, 0) is 9.59 Å². The smallest absolute Gasteiger partial charge is 0.270 e. The van der Waals surface area contributed by atoms with Gasteiger partial charge in [0.15, 0.2) is 10.9 Å². The summed E-state index contributed by atoms with van der Waals surface area (Å²) in [4.78, 5) is 27.4. The van der Waals surface area contributed by atoms with Gasteiger partial charge in [0.25, 0.3) is 11.8 Å². The summed E-state index contributed by atoms with van der Waals surface area (Å²) < 4.78 is 7.16. The molecule has 0 aromatic heterocycles. The van der Waals surface area contributed by atoms with Gasteiger partial charge in [-0.3, -0.25) is 14.5 Å². The number of hydrogen-bond acceptors (Lipinski definition) is 5. The number of rotatable bonds is 6. The molecule has 34 heavy (non-hydrogen) atoms. The fraction of sp³-hybridized carbons (Fsp3) is 0.0800. The number of ether oxygens (including phenoxy) is 1. The van der Waals surface area contributed by atoms with Crippen LogP contribution in [0.15, 0.2) is 76.1 Å². The standard InChI is InChI=1S/C25H18BrClN2O3S2/c1-15-12-17(26)6-11-20(15)28-23(30)14-32-21-5-3-2-4-16(21)13-22-24(31)29(25(33)34-22)19-9-7-18(27)8-10-19/h2-13H,14H2,1H3,(H,28,30)/b22-13-. The van der Waals surface area contributed by atoms with E-state index in [0.717, 1.165) is 15.7 Å². The lowest BCUT2D eigenvalue weighted by Crippen LogP contribution is -2.27. The SMILES string of the molecule is Cc1cc(Br)ccc1NC(=O)COc1ccccc1/C=C1\SC(=S)N(c2ccc(Cl)cc2)C1=O. The molecule has 0 aliphatic carbocycles. The summed E-state index contributed by atoms with van der Waals surface area (Å²) in [5.41, 5.74) is 2.98. The van der Waals surface area contributed by atoms with Gasteiger partial charge in [0, 0.05) is 20.7 Å². The van der Waals surface area contributed by atoms with E-state index in [0.29, 0.717) is 31.2 Å². The third-order valence-corrected chi connectivity index (χ3v) is 6.95. The van der Waals surface area contributed by atoms with Gasteiger partial charge in [-0.05, 0) is 67.1 Å². The van der Waals surface area contributed by atoms with Crippen molar-refractivity contribution in [2.75, 3.05) is 16.8 Å². The molecule has 3 aromatic rings. The van der Waals surface area contributed by atoms with Crippen LogP contribution in [0.25, 0.3) is 6.08 Å². The molecule has 1 saturated heterocycles. The molecule has 1 aliphatic heterocycles. The van der Waals surface area contributed by atoms with Crippen molar-refractivity contribution in [3.8, 4) is 5.75 Å². The average molecular weight is 574 g/mol. The van der Waals surface area contributed by atoms with Gasteiger partial charge in [-0.2, -0.15) is 0 Å². The minimum Gasteiger partial charge on any atom is -0.483 e. The molecule has 0 bridgehead atoms. The number of thiocarbonyl (C=S) groups is 1. The molecule has 1 fully saturated rings. The molecule has 1 heterocycles. The number of halogens is 2. The number of anilines is 2. The molecule has 0 saturated carbocycles. The second kappa shape index (κ2) is 10.7. The zero-order chi connectivity index (χ0) is 24.2. The number of nitrogens with zero attached hydrogens (tertiary/aromatic N) is 1. The summed E-state index contributed by atoms with van der Waals surface area (Å²) in [5.74, 6) is -0.0215. The molecule has 172 valence electrons. The van der Waals surface area contributed by atoms with Crippen molar-refractivity contribution < 1.29 is 14.3 Å². The van der Waals surface area contributed by atoms with Crippen molar-refractivity contribution in [2.24, 2.45) is 0 Å². The molecule has 1 N–H and O–H groups in total. The quantitative estimate of drug-likeness (QED) is 0.259.